The largest absolute Gasteiger partial charge is 0.507 e. The first kappa shape index (κ1) is 44.8. The fourth-order valence-corrected chi connectivity index (χ4v) is 10.3. The van der Waals surface area contributed by atoms with Crippen molar-refractivity contribution in [1.82, 2.24) is 14.5 Å². The molecule has 5 heteroatoms. The number of aryl methyl sites for hydroxylation is 1. The molecule has 0 radical (unpaired) electrons. The topological polar surface area (TPSA) is 50.9 Å². The van der Waals surface area contributed by atoms with Crippen molar-refractivity contribution in [3.8, 4) is 67.5 Å². The number of aromatic hydroxyl groups is 1. The molecule has 356 valence electrons. The zero-order valence-electron chi connectivity index (χ0n) is 44.6. The van der Waals surface area contributed by atoms with Crippen LogP contribution in [-0.4, -0.2) is 19.6 Å². The summed E-state index contributed by atoms with van der Waals surface area (Å²) in [6.07, 6.45) is 6.25. The third-order valence-corrected chi connectivity index (χ3v) is 15.0. The van der Waals surface area contributed by atoms with Crippen molar-refractivity contribution in [3.05, 3.63) is 204 Å². The summed E-state index contributed by atoms with van der Waals surface area (Å²) < 4.78 is 25.8. The Morgan fingerprint density at radius 2 is 1.16 bits per heavy atom. The van der Waals surface area contributed by atoms with Crippen LogP contribution in [0.1, 0.15) is 113 Å². The van der Waals surface area contributed by atoms with Crippen molar-refractivity contribution >= 4 is 11.0 Å². The standard InChI is InChI=1S/C65H64N3O.Pt/c1-43-23-25-44(26-24-43)46-31-36-66-57(40-46)48-37-47(38-51(39-48)62(2,3)4)54-21-16-22-58-59(54)67-61(56-42-52(63(5,6)7)41-55(60(56)69)45-17-12-10-13-18-45)68(58)53-29-27-50(28-30-53)65(9)34-32-64(8,33-35-65)49-19-14-11-15-20-49;/h10-31,36,38-42,69H,32-35H2,1-9H3;/q-1;/i1D3;. The molecule has 1 fully saturated rings. The molecule has 70 heavy (non-hydrogen) atoms. The van der Waals surface area contributed by atoms with Crippen LogP contribution in [-0.2, 0) is 42.7 Å². The number of hydrogen-bond donors (Lipinski definition) is 1. The number of rotatable bonds is 8. The first-order chi connectivity index (χ1) is 34.2. The number of benzene rings is 7. The minimum absolute atomic E-state index is 0. The Hall–Kier alpha value is -6.35. The second-order valence-electron chi connectivity index (χ2n) is 22.0. The Labute approximate surface area is 434 Å². The van der Waals surface area contributed by atoms with E-state index in [1.807, 2.05) is 36.4 Å². The smallest absolute Gasteiger partial charge is 0.148 e. The van der Waals surface area contributed by atoms with E-state index in [0.29, 0.717) is 17.0 Å². The molecule has 0 aliphatic heterocycles. The first-order valence-corrected chi connectivity index (χ1v) is 24.5. The van der Waals surface area contributed by atoms with Crippen LogP contribution >= 0.6 is 0 Å². The van der Waals surface area contributed by atoms with Gasteiger partial charge in [0.15, 0.2) is 0 Å². The molecule has 2 heterocycles. The molecular weight excluding hydrogens is 1030 g/mol. The number of aromatic nitrogens is 3. The average molecular weight is 1100 g/mol. The summed E-state index contributed by atoms with van der Waals surface area (Å²) in [6, 6.07) is 60.1. The predicted octanol–water partition coefficient (Wildman–Crippen LogP) is 17.0. The van der Waals surface area contributed by atoms with Gasteiger partial charge in [0.1, 0.15) is 11.6 Å². The molecule has 9 aromatic rings. The molecule has 1 N–H and O–H groups in total. The minimum atomic E-state index is -2.17. The summed E-state index contributed by atoms with van der Waals surface area (Å²) in [6.45, 7) is 16.0. The van der Waals surface area contributed by atoms with Crippen molar-refractivity contribution in [2.45, 2.75) is 110 Å². The number of phenolic OH excluding ortho intramolecular Hbond substituents is 1. The van der Waals surface area contributed by atoms with Crippen molar-refractivity contribution in [3.63, 3.8) is 0 Å². The Bertz CT molecular complexity index is 3430. The zero-order chi connectivity index (χ0) is 50.8. The number of imidazole rings is 1. The van der Waals surface area contributed by atoms with E-state index in [-0.39, 0.29) is 48.5 Å². The Morgan fingerprint density at radius 1 is 0.571 bits per heavy atom. The minimum Gasteiger partial charge on any atom is -0.507 e. The molecule has 0 atom stereocenters. The molecule has 0 saturated heterocycles. The van der Waals surface area contributed by atoms with Gasteiger partial charge in [-0.05, 0) is 124 Å². The summed E-state index contributed by atoms with van der Waals surface area (Å²) in [5, 5.41) is 12.6. The summed E-state index contributed by atoms with van der Waals surface area (Å²) in [5.74, 6) is 0.835. The first-order valence-electron chi connectivity index (χ1n) is 26.0. The van der Waals surface area contributed by atoms with Gasteiger partial charge in [0.2, 0.25) is 0 Å². The van der Waals surface area contributed by atoms with Crippen LogP contribution in [0.15, 0.2) is 170 Å². The second-order valence-corrected chi connectivity index (χ2v) is 22.0. The predicted molar refractivity (Wildman–Crippen MR) is 288 cm³/mol. The molecule has 4 nitrogen and oxygen atoms in total. The number of nitrogens with zero attached hydrogens (tertiary/aromatic N) is 3. The van der Waals surface area contributed by atoms with Gasteiger partial charge in [0, 0.05) is 48.3 Å². The second kappa shape index (κ2) is 18.8. The van der Waals surface area contributed by atoms with E-state index in [0.717, 1.165) is 98.2 Å². The monoisotopic (exact) mass is 1100 g/mol. The van der Waals surface area contributed by atoms with Gasteiger partial charge in [-0.2, -0.15) is 0 Å². The maximum atomic E-state index is 12.6. The zero-order valence-corrected chi connectivity index (χ0v) is 43.9. The number of hydrogen-bond acceptors (Lipinski definition) is 3. The summed E-state index contributed by atoms with van der Waals surface area (Å²) in [7, 11) is 0. The van der Waals surface area contributed by atoms with Crippen molar-refractivity contribution in [2.24, 2.45) is 0 Å². The quantitative estimate of drug-likeness (QED) is 0.154. The maximum absolute atomic E-state index is 12.6. The molecular formula is C65H64N3OPt-. The molecule has 1 aliphatic rings. The van der Waals surface area contributed by atoms with Crippen LogP contribution in [0.2, 0.25) is 0 Å². The van der Waals surface area contributed by atoms with Crippen molar-refractivity contribution < 1.29 is 30.3 Å². The number of phenols is 1. The Balaban J connectivity index is 0.00000656. The van der Waals surface area contributed by atoms with Gasteiger partial charge in [-0.25, -0.2) is 4.98 Å². The number of para-hydroxylation sites is 1. The normalized spacial score (nSPS) is 18.1. The van der Waals surface area contributed by atoms with Crippen molar-refractivity contribution in [2.75, 3.05) is 0 Å². The number of fused-ring (bicyclic) bond motifs is 1. The van der Waals surface area contributed by atoms with Gasteiger partial charge in [-0.15, -0.1) is 29.3 Å². The molecule has 1 saturated carbocycles. The van der Waals surface area contributed by atoms with E-state index >= 15 is 0 Å². The summed E-state index contributed by atoms with van der Waals surface area (Å²) in [5.41, 5.74) is 15.3. The summed E-state index contributed by atoms with van der Waals surface area (Å²) in [4.78, 5) is 10.5. The summed E-state index contributed by atoms with van der Waals surface area (Å²) >= 11 is 0. The van der Waals surface area contributed by atoms with Gasteiger partial charge in [-0.3, -0.25) is 9.55 Å². The van der Waals surface area contributed by atoms with E-state index in [1.165, 1.54) is 11.1 Å². The van der Waals surface area contributed by atoms with Gasteiger partial charge in [0.25, 0.3) is 0 Å². The third kappa shape index (κ3) is 9.36. The Kier molecular flexibility index (Phi) is 12.0. The molecule has 7 aromatic carbocycles. The van der Waals surface area contributed by atoms with E-state index in [9.17, 15) is 5.11 Å². The van der Waals surface area contributed by atoms with E-state index < -0.39 is 6.85 Å². The van der Waals surface area contributed by atoms with Crippen LogP contribution in [0.4, 0.5) is 0 Å². The van der Waals surface area contributed by atoms with Crippen LogP contribution in [0, 0.1) is 12.9 Å². The molecule has 1 aliphatic carbocycles. The van der Waals surface area contributed by atoms with Crippen LogP contribution in [0.5, 0.6) is 5.75 Å². The molecule has 0 unspecified atom stereocenters. The number of pyridine rings is 1. The molecule has 0 amide bonds. The van der Waals surface area contributed by atoms with Crippen molar-refractivity contribution in [1.29, 1.82) is 0 Å². The van der Waals surface area contributed by atoms with Crippen LogP contribution in [0.25, 0.3) is 72.7 Å². The molecule has 0 spiro atoms. The molecule has 0 bridgehead atoms. The average Bonchev–Trinajstić information content (AvgIpc) is 3.77. The van der Waals surface area contributed by atoms with Gasteiger partial charge in [-0.1, -0.05) is 187 Å². The van der Waals surface area contributed by atoms with Gasteiger partial charge < -0.3 is 5.11 Å². The maximum Gasteiger partial charge on any atom is 0.148 e. The third-order valence-electron chi connectivity index (χ3n) is 15.0. The van der Waals surface area contributed by atoms with E-state index in [2.05, 4.69) is 181 Å². The van der Waals surface area contributed by atoms with Gasteiger partial charge >= 0.3 is 0 Å². The molecule has 10 rings (SSSR count). The fourth-order valence-electron chi connectivity index (χ4n) is 10.3. The van der Waals surface area contributed by atoms with Crippen LogP contribution < -0.4 is 0 Å². The SMILES string of the molecule is [2H]C([2H])([2H])c1ccc(-c2ccnc(-c3[c-]c(-c4cccc5c4nc(-c4cc(C(C)(C)C)cc(-c6ccccc6)c4O)n5-c4ccc(C5(C)CCC(C)(c6ccccc6)CC5)cc4)cc(C(C)(C)C)c3)c2)cc1.[Pt]. The Morgan fingerprint density at radius 3 is 1.79 bits per heavy atom. The van der Waals surface area contributed by atoms with Crippen LogP contribution in [0.3, 0.4) is 0 Å². The van der Waals surface area contributed by atoms with E-state index in [4.69, 9.17) is 14.1 Å². The van der Waals surface area contributed by atoms with Gasteiger partial charge in [0.05, 0.1) is 16.6 Å². The fraction of sp³-hybridized carbons (Fsp3) is 0.262. The van der Waals surface area contributed by atoms with E-state index in [1.54, 1.807) is 18.3 Å². The molecule has 2 aromatic heterocycles.